The van der Waals surface area contributed by atoms with Crippen molar-refractivity contribution in [2.45, 2.75) is 58.0 Å². The molecular formula is C18H26O2. The molecule has 20 heavy (non-hydrogen) atoms. The van der Waals surface area contributed by atoms with Crippen molar-refractivity contribution in [1.29, 1.82) is 0 Å². The quantitative estimate of drug-likeness (QED) is 0.442. The van der Waals surface area contributed by atoms with Gasteiger partial charge in [-0.25, -0.2) is 4.79 Å². The minimum absolute atomic E-state index is 0.160. The lowest BCUT2D eigenvalue weighted by atomic mass is 9.65. The molecule has 4 saturated carbocycles. The van der Waals surface area contributed by atoms with Gasteiger partial charge in [0.25, 0.3) is 0 Å². The van der Waals surface area contributed by atoms with E-state index in [4.69, 9.17) is 4.74 Å². The molecule has 2 unspecified atom stereocenters. The van der Waals surface area contributed by atoms with Crippen LogP contribution < -0.4 is 0 Å². The molecular weight excluding hydrogens is 248 g/mol. The van der Waals surface area contributed by atoms with Crippen molar-refractivity contribution in [2.75, 3.05) is 0 Å². The van der Waals surface area contributed by atoms with Gasteiger partial charge in [-0.15, -0.1) is 0 Å². The van der Waals surface area contributed by atoms with E-state index in [2.05, 4.69) is 13.5 Å². The summed E-state index contributed by atoms with van der Waals surface area (Å²) in [5.74, 6) is 5.09. The van der Waals surface area contributed by atoms with Gasteiger partial charge < -0.3 is 4.74 Å². The van der Waals surface area contributed by atoms with Crippen molar-refractivity contribution in [2.24, 2.45) is 35.5 Å². The Morgan fingerprint density at radius 3 is 2.55 bits per heavy atom. The van der Waals surface area contributed by atoms with Crippen LogP contribution in [0.15, 0.2) is 12.2 Å². The Morgan fingerprint density at radius 1 is 1.20 bits per heavy atom. The summed E-state index contributed by atoms with van der Waals surface area (Å²) < 4.78 is 6.02. The predicted octanol–water partition coefficient (Wildman–Crippen LogP) is 3.96. The van der Waals surface area contributed by atoms with Crippen LogP contribution >= 0.6 is 0 Å². The fourth-order valence-electron chi connectivity index (χ4n) is 6.56. The number of hydrogen-bond donors (Lipinski definition) is 0. The van der Waals surface area contributed by atoms with Crippen molar-refractivity contribution in [3.05, 3.63) is 12.2 Å². The van der Waals surface area contributed by atoms with Crippen molar-refractivity contribution in [1.82, 2.24) is 0 Å². The molecule has 0 spiro atoms. The Bertz CT molecular complexity index is 468. The predicted molar refractivity (Wildman–Crippen MR) is 78.0 cm³/mol. The third-order valence-corrected chi connectivity index (χ3v) is 7.14. The first kappa shape index (κ1) is 12.9. The Kier molecular flexibility index (Phi) is 2.66. The van der Waals surface area contributed by atoms with Crippen molar-refractivity contribution in [3.63, 3.8) is 0 Å². The van der Waals surface area contributed by atoms with Crippen molar-refractivity contribution < 1.29 is 9.53 Å². The molecule has 0 aromatic rings. The fourth-order valence-corrected chi connectivity index (χ4v) is 6.56. The van der Waals surface area contributed by atoms with Gasteiger partial charge in [-0.2, -0.15) is 0 Å². The van der Waals surface area contributed by atoms with Gasteiger partial charge in [0, 0.05) is 11.5 Å². The average Bonchev–Trinajstić information content (AvgIpc) is 3.15. The third-order valence-electron chi connectivity index (χ3n) is 7.14. The van der Waals surface area contributed by atoms with E-state index in [-0.39, 0.29) is 11.6 Å². The summed E-state index contributed by atoms with van der Waals surface area (Å²) in [4.78, 5) is 12.1. The molecule has 4 aliphatic rings. The number of carbonyl (C=O) groups is 1. The van der Waals surface area contributed by atoms with Crippen LogP contribution in [-0.2, 0) is 9.53 Å². The van der Waals surface area contributed by atoms with Gasteiger partial charge in [0.2, 0.25) is 0 Å². The molecule has 0 amide bonds. The summed E-state index contributed by atoms with van der Waals surface area (Å²) in [6, 6.07) is 0. The van der Waals surface area contributed by atoms with E-state index in [9.17, 15) is 4.79 Å². The maximum Gasteiger partial charge on any atom is 0.333 e. The Balaban J connectivity index is 1.62. The van der Waals surface area contributed by atoms with Crippen LogP contribution in [0.1, 0.15) is 52.4 Å². The second-order valence-electron chi connectivity index (χ2n) is 7.88. The van der Waals surface area contributed by atoms with Crippen molar-refractivity contribution >= 4 is 5.97 Å². The monoisotopic (exact) mass is 274 g/mol. The van der Waals surface area contributed by atoms with E-state index >= 15 is 0 Å². The molecule has 4 rings (SSSR count). The van der Waals surface area contributed by atoms with Gasteiger partial charge >= 0.3 is 5.97 Å². The standard InChI is InChI=1S/C18H26O2/c1-4-18(20-17(19)10(2)3)9-13-8-14(18)16-12-6-5-11(7-12)15(13)16/h11-16H,2,4-9H2,1,3H3/t11-,12+,13-,14-,15?,16?,18-/m0/s1. The third kappa shape index (κ3) is 1.48. The number of fused-ring (bicyclic) bond motifs is 9. The zero-order chi connectivity index (χ0) is 14.1. The van der Waals surface area contributed by atoms with Crippen LogP contribution in [0.25, 0.3) is 0 Å². The van der Waals surface area contributed by atoms with Crippen LogP contribution in [0.3, 0.4) is 0 Å². The second-order valence-corrected chi connectivity index (χ2v) is 7.88. The Labute approximate surface area is 122 Å². The lowest BCUT2D eigenvalue weighted by Gasteiger charge is -2.45. The first-order chi connectivity index (χ1) is 9.55. The first-order valence-corrected chi connectivity index (χ1v) is 8.44. The normalized spacial score (nSPS) is 51.3. The Morgan fingerprint density at radius 2 is 1.90 bits per heavy atom. The van der Waals surface area contributed by atoms with Crippen LogP contribution in [0.5, 0.6) is 0 Å². The molecule has 0 saturated heterocycles. The molecule has 110 valence electrons. The van der Waals surface area contributed by atoms with E-state index in [0.29, 0.717) is 11.5 Å². The highest BCUT2D eigenvalue weighted by atomic mass is 16.6. The highest BCUT2D eigenvalue weighted by Crippen LogP contribution is 2.70. The molecule has 2 nitrogen and oxygen atoms in total. The molecule has 0 radical (unpaired) electrons. The maximum atomic E-state index is 12.1. The minimum atomic E-state index is -0.167. The molecule has 4 aliphatic carbocycles. The highest BCUT2D eigenvalue weighted by Gasteiger charge is 2.67. The molecule has 4 bridgehead atoms. The first-order valence-electron chi connectivity index (χ1n) is 8.44. The Hall–Kier alpha value is -0.790. The summed E-state index contributed by atoms with van der Waals surface area (Å²) >= 11 is 0. The van der Waals surface area contributed by atoms with E-state index in [1.165, 1.54) is 25.7 Å². The largest absolute Gasteiger partial charge is 0.455 e. The average molecular weight is 274 g/mol. The summed E-state index contributed by atoms with van der Waals surface area (Å²) in [7, 11) is 0. The van der Waals surface area contributed by atoms with Crippen molar-refractivity contribution in [3.8, 4) is 0 Å². The molecule has 0 aliphatic heterocycles. The molecule has 4 fully saturated rings. The van der Waals surface area contributed by atoms with Gasteiger partial charge in [0.05, 0.1) is 0 Å². The van der Waals surface area contributed by atoms with E-state index in [1.807, 2.05) is 0 Å². The molecule has 0 N–H and O–H groups in total. The molecule has 0 heterocycles. The van der Waals surface area contributed by atoms with Gasteiger partial charge in [-0.05, 0) is 75.0 Å². The van der Waals surface area contributed by atoms with Crippen LogP contribution in [0.2, 0.25) is 0 Å². The smallest absolute Gasteiger partial charge is 0.333 e. The zero-order valence-electron chi connectivity index (χ0n) is 12.7. The molecule has 7 atom stereocenters. The lowest BCUT2D eigenvalue weighted by Crippen LogP contribution is -2.47. The topological polar surface area (TPSA) is 26.3 Å². The number of esters is 1. The SMILES string of the molecule is C=C(C)C(=O)O[C@@]1(CC)C[C@@H]2C[C@H]1C1C2[C@H]2CC[C@@H]1C2. The van der Waals surface area contributed by atoms with Crippen LogP contribution in [-0.4, -0.2) is 11.6 Å². The minimum Gasteiger partial charge on any atom is -0.455 e. The summed E-state index contributed by atoms with van der Waals surface area (Å²) in [5.41, 5.74) is 0.386. The zero-order valence-corrected chi connectivity index (χ0v) is 12.7. The number of hydrogen-bond acceptors (Lipinski definition) is 2. The number of rotatable bonds is 3. The van der Waals surface area contributed by atoms with Gasteiger partial charge in [-0.1, -0.05) is 13.5 Å². The van der Waals surface area contributed by atoms with Crippen LogP contribution in [0, 0.1) is 35.5 Å². The van der Waals surface area contributed by atoms with E-state index in [1.54, 1.807) is 6.92 Å². The highest BCUT2D eigenvalue weighted by molar-refractivity contribution is 5.87. The summed E-state index contributed by atoms with van der Waals surface area (Å²) in [6.07, 6.45) is 7.80. The molecule has 0 aromatic heterocycles. The maximum absolute atomic E-state index is 12.1. The second kappa shape index (κ2) is 4.11. The van der Waals surface area contributed by atoms with Gasteiger partial charge in [0.1, 0.15) is 5.60 Å². The summed E-state index contributed by atoms with van der Waals surface area (Å²) in [6.45, 7) is 7.72. The van der Waals surface area contributed by atoms with E-state index in [0.717, 1.165) is 42.4 Å². The van der Waals surface area contributed by atoms with Gasteiger partial charge in [0.15, 0.2) is 0 Å². The number of ether oxygens (including phenoxy) is 1. The lowest BCUT2D eigenvalue weighted by molar-refractivity contribution is -0.167. The van der Waals surface area contributed by atoms with Crippen LogP contribution in [0.4, 0.5) is 0 Å². The number of carbonyl (C=O) groups excluding carboxylic acids is 1. The van der Waals surface area contributed by atoms with E-state index < -0.39 is 0 Å². The fraction of sp³-hybridized carbons (Fsp3) is 0.833. The van der Waals surface area contributed by atoms with Gasteiger partial charge in [-0.3, -0.25) is 0 Å². The summed E-state index contributed by atoms with van der Waals surface area (Å²) in [5, 5.41) is 0. The molecule has 2 heteroatoms. The molecule has 0 aromatic carbocycles.